The Morgan fingerprint density at radius 2 is 2.00 bits per heavy atom. The van der Waals surface area contributed by atoms with E-state index in [-0.39, 0.29) is 5.41 Å². The monoisotopic (exact) mass is 310 g/mol. The Labute approximate surface area is 136 Å². The molecular formula is C18H22N4O. The van der Waals surface area contributed by atoms with Crippen molar-refractivity contribution in [1.29, 1.82) is 0 Å². The molecule has 0 aromatic carbocycles. The number of aryl methyl sites for hydroxylation is 2. The van der Waals surface area contributed by atoms with Gasteiger partial charge >= 0.3 is 0 Å². The van der Waals surface area contributed by atoms with Crippen LogP contribution in [0.25, 0.3) is 22.6 Å². The van der Waals surface area contributed by atoms with Crippen LogP contribution in [-0.2, 0) is 7.05 Å². The molecule has 5 heteroatoms. The Bertz CT molecular complexity index is 846. The van der Waals surface area contributed by atoms with E-state index >= 15 is 0 Å². The lowest BCUT2D eigenvalue weighted by Crippen LogP contribution is -2.17. The smallest absolute Gasteiger partial charge is 0.160 e. The maximum absolute atomic E-state index is 5.99. The van der Waals surface area contributed by atoms with Gasteiger partial charge in [0.05, 0.1) is 18.4 Å². The summed E-state index contributed by atoms with van der Waals surface area (Å²) in [5, 5.41) is 0. The fraction of sp³-hybridized carbons (Fsp3) is 0.389. The lowest BCUT2D eigenvalue weighted by Gasteiger charge is -2.20. The molecular weight excluding hydrogens is 288 g/mol. The van der Waals surface area contributed by atoms with Crippen LogP contribution in [0.1, 0.15) is 26.3 Å². The second-order valence-corrected chi connectivity index (χ2v) is 7.07. The maximum atomic E-state index is 5.99. The molecule has 3 aromatic rings. The van der Waals surface area contributed by atoms with Gasteiger partial charge in [-0.1, -0.05) is 20.8 Å². The van der Waals surface area contributed by atoms with Gasteiger partial charge in [0.15, 0.2) is 5.65 Å². The molecule has 0 spiro atoms. The number of imidazole rings is 1. The van der Waals surface area contributed by atoms with Crippen molar-refractivity contribution in [3.63, 3.8) is 0 Å². The van der Waals surface area contributed by atoms with Gasteiger partial charge in [-0.15, -0.1) is 0 Å². The predicted octanol–water partition coefficient (Wildman–Crippen LogP) is 3.76. The molecule has 0 saturated heterocycles. The molecule has 120 valence electrons. The molecule has 0 N–H and O–H groups in total. The van der Waals surface area contributed by atoms with Gasteiger partial charge in [-0.05, 0) is 30.0 Å². The van der Waals surface area contributed by atoms with Crippen LogP contribution in [0.15, 0.2) is 30.7 Å². The number of rotatable bonds is 3. The van der Waals surface area contributed by atoms with Crippen LogP contribution >= 0.6 is 0 Å². The average Bonchev–Trinajstić information content (AvgIpc) is 2.81. The molecule has 0 atom stereocenters. The second kappa shape index (κ2) is 5.65. The minimum atomic E-state index is 0.0815. The van der Waals surface area contributed by atoms with Crippen molar-refractivity contribution in [3.8, 4) is 17.1 Å². The number of hydrogen-bond acceptors (Lipinski definition) is 4. The fourth-order valence-corrected chi connectivity index (χ4v) is 2.39. The zero-order valence-corrected chi connectivity index (χ0v) is 14.3. The molecule has 0 saturated carbocycles. The molecule has 23 heavy (non-hydrogen) atoms. The standard InChI is InChI=1S/C18H22N4O/c1-12-8-14-17(20-9-12)22(5)16(21-14)13-6-7-19-10-15(13)23-11-18(2,3)4/h6-10H,11H2,1-5H3. The van der Waals surface area contributed by atoms with Crippen LogP contribution in [-0.4, -0.2) is 26.1 Å². The molecule has 0 aliphatic carbocycles. The summed E-state index contributed by atoms with van der Waals surface area (Å²) in [4.78, 5) is 13.4. The molecule has 3 aromatic heterocycles. The quantitative estimate of drug-likeness (QED) is 0.739. The van der Waals surface area contributed by atoms with E-state index in [1.165, 1.54) is 0 Å². The van der Waals surface area contributed by atoms with Crippen molar-refractivity contribution < 1.29 is 4.74 Å². The van der Waals surface area contributed by atoms with Crippen molar-refractivity contribution >= 4 is 11.2 Å². The van der Waals surface area contributed by atoms with Crippen LogP contribution in [0.3, 0.4) is 0 Å². The Morgan fingerprint density at radius 3 is 2.74 bits per heavy atom. The van der Waals surface area contributed by atoms with Crippen LogP contribution < -0.4 is 4.74 Å². The number of nitrogens with zero attached hydrogens (tertiary/aromatic N) is 4. The zero-order chi connectivity index (χ0) is 16.6. The third-order valence-corrected chi connectivity index (χ3v) is 3.53. The summed E-state index contributed by atoms with van der Waals surface area (Å²) in [5.41, 5.74) is 3.87. The Hall–Kier alpha value is -2.43. The molecule has 0 aliphatic rings. The number of fused-ring (bicyclic) bond motifs is 1. The second-order valence-electron chi connectivity index (χ2n) is 7.07. The summed E-state index contributed by atoms with van der Waals surface area (Å²) in [6, 6.07) is 3.98. The first-order valence-electron chi connectivity index (χ1n) is 7.71. The lowest BCUT2D eigenvalue weighted by molar-refractivity contribution is 0.198. The first-order valence-corrected chi connectivity index (χ1v) is 7.71. The first kappa shape index (κ1) is 15.5. The Balaban J connectivity index is 2.07. The Kier molecular flexibility index (Phi) is 3.80. The highest BCUT2D eigenvalue weighted by Gasteiger charge is 2.17. The third kappa shape index (κ3) is 3.18. The van der Waals surface area contributed by atoms with E-state index in [1.807, 2.05) is 36.9 Å². The van der Waals surface area contributed by atoms with Crippen LogP contribution in [0.2, 0.25) is 0 Å². The third-order valence-electron chi connectivity index (χ3n) is 3.53. The molecule has 0 bridgehead atoms. The highest BCUT2D eigenvalue weighted by atomic mass is 16.5. The van der Waals surface area contributed by atoms with Gasteiger partial charge in [0, 0.05) is 19.4 Å². The number of pyridine rings is 2. The molecule has 3 heterocycles. The summed E-state index contributed by atoms with van der Waals surface area (Å²) in [5.74, 6) is 1.59. The lowest BCUT2D eigenvalue weighted by atomic mass is 9.99. The van der Waals surface area contributed by atoms with Gasteiger partial charge in [-0.2, -0.15) is 0 Å². The largest absolute Gasteiger partial charge is 0.491 e. The van der Waals surface area contributed by atoms with Crippen LogP contribution in [0.4, 0.5) is 0 Å². The van der Waals surface area contributed by atoms with E-state index in [1.54, 1.807) is 12.4 Å². The van der Waals surface area contributed by atoms with E-state index in [0.29, 0.717) is 6.61 Å². The summed E-state index contributed by atoms with van der Waals surface area (Å²) < 4.78 is 7.99. The summed E-state index contributed by atoms with van der Waals surface area (Å²) in [7, 11) is 1.97. The fourth-order valence-electron chi connectivity index (χ4n) is 2.39. The topological polar surface area (TPSA) is 52.8 Å². The summed E-state index contributed by atoms with van der Waals surface area (Å²) in [6.07, 6.45) is 5.37. The first-order chi connectivity index (χ1) is 10.8. The van der Waals surface area contributed by atoms with Gasteiger partial charge < -0.3 is 9.30 Å². The normalized spacial score (nSPS) is 11.9. The highest BCUT2D eigenvalue weighted by molar-refractivity contribution is 5.79. The minimum absolute atomic E-state index is 0.0815. The Morgan fingerprint density at radius 1 is 1.22 bits per heavy atom. The number of hydrogen-bond donors (Lipinski definition) is 0. The van der Waals surface area contributed by atoms with Crippen molar-refractivity contribution in [2.75, 3.05) is 6.61 Å². The van der Waals surface area contributed by atoms with E-state index in [4.69, 9.17) is 9.72 Å². The van der Waals surface area contributed by atoms with Gasteiger partial charge in [-0.25, -0.2) is 9.97 Å². The number of ether oxygens (including phenoxy) is 1. The van der Waals surface area contributed by atoms with E-state index in [9.17, 15) is 0 Å². The van der Waals surface area contributed by atoms with Crippen molar-refractivity contribution in [2.24, 2.45) is 12.5 Å². The van der Waals surface area contributed by atoms with E-state index in [0.717, 1.165) is 33.9 Å². The van der Waals surface area contributed by atoms with Crippen molar-refractivity contribution in [1.82, 2.24) is 19.5 Å². The summed E-state index contributed by atoms with van der Waals surface area (Å²) >= 11 is 0. The minimum Gasteiger partial charge on any atom is -0.491 e. The summed E-state index contributed by atoms with van der Waals surface area (Å²) in [6.45, 7) is 9.07. The van der Waals surface area contributed by atoms with Crippen LogP contribution in [0, 0.1) is 12.3 Å². The van der Waals surface area contributed by atoms with Crippen LogP contribution in [0.5, 0.6) is 5.75 Å². The van der Waals surface area contributed by atoms with Gasteiger partial charge in [-0.3, -0.25) is 4.98 Å². The molecule has 5 nitrogen and oxygen atoms in total. The highest BCUT2D eigenvalue weighted by Crippen LogP contribution is 2.31. The zero-order valence-electron chi connectivity index (χ0n) is 14.3. The predicted molar refractivity (Wildman–Crippen MR) is 91.4 cm³/mol. The maximum Gasteiger partial charge on any atom is 0.160 e. The molecule has 0 radical (unpaired) electrons. The number of aromatic nitrogens is 4. The van der Waals surface area contributed by atoms with Gasteiger partial charge in [0.1, 0.15) is 17.1 Å². The van der Waals surface area contributed by atoms with E-state index in [2.05, 4.69) is 30.7 Å². The average molecular weight is 310 g/mol. The SMILES string of the molecule is Cc1cnc2c(c1)nc(-c1ccncc1OCC(C)(C)C)n2C. The van der Waals surface area contributed by atoms with E-state index < -0.39 is 0 Å². The molecule has 3 rings (SSSR count). The molecule has 0 fully saturated rings. The molecule has 0 unspecified atom stereocenters. The van der Waals surface area contributed by atoms with Gasteiger partial charge in [0.25, 0.3) is 0 Å². The van der Waals surface area contributed by atoms with Crippen molar-refractivity contribution in [3.05, 3.63) is 36.3 Å². The van der Waals surface area contributed by atoms with Crippen molar-refractivity contribution in [2.45, 2.75) is 27.7 Å². The van der Waals surface area contributed by atoms with Gasteiger partial charge in [0.2, 0.25) is 0 Å². The molecule has 0 amide bonds. The molecule has 0 aliphatic heterocycles.